The Kier molecular flexibility index (Phi) is 6.48. The van der Waals surface area contributed by atoms with Crippen molar-refractivity contribution in [2.24, 2.45) is 5.92 Å². The first-order valence-corrected chi connectivity index (χ1v) is 10.7. The molecule has 0 aliphatic carbocycles. The molecule has 1 aliphatic rings. The molecular formula is C24H24F3N5O. The van der Waals surface area contributed by atoms with Crippen molar-refractivity contribution in [1.82, 2.24) is 10.2 Å². The van der Waals surface area contributed by atoms with Crippen LogP contribution in [-0.4, -0.2) is 29.3 Å². The molecule has 2 N–H and O–H groups in total. The maximum atomic E-state index is 12.8. The number of urea groups is 1. The predicted molar refractivity (Wildman–Crippen MR) is 122 cm³/mol. The Labute approximate surface area is 189 Å². The van der Waals surface area contributed by atoms with Crippen LogP contribution in [0.25, 0.3) is 11.3 Å². The van der Waals surface area contributed by atoms with Gasteiger partial charge in [0.1, 0.15) is 0 Å². The zero-order valence-electron chi connectivity index (χ0n) is 18.1. The molecule has 2 amide bonds. The molecule has 1 aromatic heterocycles. The van der Waals surface area contributed by atoms with E-state index in [0.717, 1.165) is 55.4 Å². The molecule has 0 spiro atoms. The lowest BCUT2D eigenvalue weighted by Crippen LogP contribution is -2.33. The van der Waals surface area contributed by atoms with Gasteiger partial charge in [0.05, 0.1) is 11.3 Å². The van der Waals surface area contributed by atoms with Gasteiger partial charge < -0.3 is 15.5 Å². The van der Waals surface area contributed by atoms with Crippen molar-refractivity contribution in [3.05, 3.63) is 66.2 Å². The van der Waals surface area contributed by atoms with Crippen LogP contribution in [-0.2, 0) is 6.18 Å². The first kappa shape index (κ1) is 22.6. The topological polar surface area (TPSA) is 70.2 Å². The second kappa shape index (κ2) is 9.48. The summed E-state index contributed by atoms with van der Waals surface area (Å²) in [5, 5.41) is 13.7. The van der Waals surface area contributed by atoms with Gasteiger partial charge in [0, 0.05) is 30.0 Å². The molecule has 1 aliphatic heterocycles. The van der Waals surface area contributed by atoms with Crippen LogP contribution in [0.5, 0.6) is 0 Å². The summed E-state index contributed by atoms with van der Waals surface area (Å²) in [4.78, 5) is 14.4. The Morgan fingerprint density at radius 2 is 1.64 bits per heavy atom. The largest absolute Gasteiger partial charge is 0.416 e. The van der Waals surface area contributed by atoms with Gasteiger partial charge in [-0.05, 0) is 61.2 Å². The van der Waals surface area contributed by atoms with Crippen molar-refractivity contribution >= 4 is 23.2 Å². The Bertz CT molecular complexity index is 1090. The summed E-state index contributed by atoms with van der Waals surface area (Å²) in [5.41, 5.74) is 1.27. The third-order valence-corrected chi connectivity index (χ3v) is 5.64. The standard InChI is InChI=1S/C24H24F3N5O/c1-16-11-13-32(14-12-16)22-10-9-21(30-31-22)17-5-7-19(8-6-17)28-23(33)29-20-4-2-3-18(15-20)24(25,26)27/h2-10,15-16H,11-14H2,1H3,(H2,28,29,33). The molecule has 172 valence electrons. The zero-order valence-corrected chi connectivity index (χ0v) is 18.1. The third-order valence-electron chi connectivity index (χ3n) is 5.64. The number of nitrogens with zero attached hydrogens (tertiary/aromatic N) is 3. The molecule has 6 nitrogen and oxygen atoms in total. The number of hydrogen-bond acceptors (Lipinski definition) is 4. The second-order valence-corrected chi connectivity index (χ2v) is 8.18. The van der Waals surface area contributed by atoms with Gasteiger partial charge in [0.15, 0.2) is 5.82 Å². The zero-order chi connectivity index (χ0) is 23.4. The SMILES string of the molecule is CC1CCN(c2ccc(-c3ccc(NC(=O)Nc4cccc(C(F)(F)F)c4)cc3)nn2)CC1. The Balaban J connectivity index is 1.36. The number of alkyl halides is 3. The maximum absolute atomic E-state index is 12.8. The van der Waals surface area contributed by atoms with E-state index in [1.807, 2.05) is 12.1 Å². The number of hydrogen-bond donors (Lipinski definition) is 2. The lowest BCUT2D eigenvalue weighted by molar-refractivity contribution is -0.137. The van der Waals surface area contributed by atoms with Crippen molar-refractivity contribution in [2.75, 3.05) is 28.6 Å². The number of halogens is 3. The molecule has 9 heteroatoms. The Morgan fingerprint density at radius 3 is 2.27 bits per heavy atom. The number of piperidine rings is 1. The minimum absolute atomic E-state index is 0.0532. The fourth-order valence-corrected chi connectivity index (χ4v) is 3.68. The van der Waals surface area contributed by atoms with Crippen LogP contribution in [0.3, 0.4) is 0 Å². The van der Waals surface area contributed by atoms with E-state index in [1.54, 1.807) is 24.3 Å². The number of amides is 2. The van der Waals surface area contributed by atoms with Crippen LogP contribution in [0.15, 0.2) is 60.7 Å². The van der Waals surface area contributed by atoms with Crippen LogP contribution in [0.2, 0.25) is 0 Å². The van der Waals surface area contributed by atoms with Gasteiger partial charge in [-0.15, -0.1) is 10.2 Å². The predicted octanol–water partition coefficient (Wildman–Crippen LogP) is 6.04. The fourth-order valence-electron chi connectivity index (χ4n) is 3.68. The van der Waals surface area contributed by atoms with Crippen molar-refractivity contribution in [2.45, 2.75) is 25.9 Å². The highest BCUT2D eigenvalue weighted by molar-refractivity contribution is 5.99. The molecular weight excluding hydrogens is 431 g/mol. The highest BCUT2D eigenvalue weighted by Crippen LogP contribution is 2.30. The van der Waals surface area contributed by atoms with Crippen molar-refractivity contribution in [3.63, 3.8) is 0 Å². The summed E-state index contributed by atoms with van der Waals surface area (Å²) >= 11 is 0. The number of benzene rings is 2. The van der Waals surface area contributed by atoms with Crippen LogP contribution < -0.4 is 15.5 Å². The first-order chi connectivity index (χ1) is 15.8. The molecule has 3 aromatic rings. The van der Waals surface area contributed by atoms with Gasteiger partial charge in [-0.1, -0.05) is 25.1 Å². The van der Waals surface area contributed by atoms with E-state index in [9.17, 15) is 18.0 Å². The van der Waals surface area contributed by atoms with E-state index >= 15 is 0 Å². The van der Waals surface area contributed by atoms with E-state index in [1.165, 1.54) is 12.1 Å². The Hall–Kier alpha value is -3.62. The number of nitrogens with one attached hydrogen (secondary N) is 2. The van der Waals surface area contributed by atoms with Gasteiger partial charge in [-0.3, -0.25) is 0 Å². The number of rotatable bonds is 4. The quantitative estimate of drug-likeness (QED) is 0.503. The molecule has 1 fully saturated rings. The number of carbonyl (C=O) groups excluding carboxylic acids is 1. The Morgan fingerprint density at radius 1 is 0.939 bits per heavy atom. The van der Waals surface area contributed by atoms with Crippen molar-refractivity contribution in [1.29, 1.82) is 0 Å². The minimum Gasteiger partial charge on any atom is -0.355 e. The van der Waals surface area contributed by atoms with Crippen molar-refractivity contribution in [3.8, 4) is 11.3 Å². The first-order valence-electron chi connectivity index (χ1n) is 10.7. The van der Waals surface area contributed by atoms with Gasteiger partial charge in [0.2, 0.25) is 0 Å². The molecule has 4 rings (SSSR count). The number of aromatic nitrogens is 2. The summed E-state index contributed by atoms with van der Waals surface area (Å²) in [6.07, 6.45) is -2.17. The van der Waals surface area contributed by atoms with E-state index in [0.29, 0.717) is 11.4 Å². The molecule has 2 aromatic carbocycles. The summed E-state index contributed by atoms with van der Waals surface area (Å²) in [6, 6.07) is 14.7. The molecule has 1 saturated heterocycles. The van der Waals surface area contributed by atoms with E-state index in [2.05, 4.69) is 32.7 Å². The van der Waals surface area contributed by atoms with Gasteiger partial charge in [-0.25, -0.2) is 4.79 Å². The second-order valence-electron chi connectivity index (χ2n) is 8.18. The van der Waals surface area contributed by atoms with E-state index in [-0.39, 0.29) is 5.69 Å². The van der Waals surface area contributed by atoms with Crippen LogP contribution in [0.4, 0.5) is 35.2 Å². The third kappa shape index (κ3) is 5.79. The number of anilines is 3. The number of carbonyl (C=O) groups is 1. The maximum Gasteiger partial charge on any atom is 0.416 e. The molecule has 0 radical (unpaired) electrons. The van der Waals surface area contributed by atoms with Gasteiger partial charge in [-0.2, -0.15) is 13.2 Å². The summed E-state index contributed by atoms with van der Waals surface area (Å²) in [5.74, 6) is 1.61. The summed E-state index contributed by atoms with van der Waals surface area (Å²) < 4.78 is 38.5. The monoisotopic (exact) mass is 455 g/mol. The van der Waals surface area contributed by atoms with E-state index in [4.69, 9.17) is 0 Å². The van der Waals surface area contributed by atoms with Crippen LogP contribution in [0, 0.1) is 5.92 Å². The van der Waals surface area contributed by atoms with Gasteiger partial charge in [0.25, 0.3) is 0 Å². The molecule has 0 saturated carbocycles. The molecule has 2 heterocycles. The minimum atomic E-state index is -4.47. The molecule has 0 bridgehead atoms. The summed E-state index contributed by atoms with van der Waals surface area (Å²) in [7, 11) is 0. The highest BCUT2D eigenvalue weighted by atomic mass is 19.4. The van der Waals surface area contributed by atoms with Crippen LogP contribution in [0.1, 0.15) is 25.3 Å². The van der Waals surface area contributed by atoms with Crippen LogP contribution >= 0.6 is 0 Å². The lowest BCUT2D eigenvalue weighted by atomic mass is 9.99. The normalized spacial score (nSPS) is 14.7. The fraction of sp³-hybridized carbons (Fsp3) is 0.292. The van der Waals surface area contributed by atoms with E-state index < -0.39 is 17.8 Å². The van der Waals surface area contributed by atoms with Gasteiger partial charge >= 0.3 is 12.2 Å². The van der Waals surface area contributed by atoms with Crippen molar-refractivity contribution < 1.29 is 18.0 Å². The average molecular weight is 455 g/mol. The highest BCUT2D eigenvalue weighted by Gasteiger charge is 2.30. The average Bonchev–Trinajstić information content (AvgIpc) is 2.80. The summed E-state index contributed by atoms with van der Waals surface area (Å²) in [6.45, 7) is 4.23. The molecule has 0 unspecified atom stereocenters. The molecule has 0 atom stereocenters. The molecule has 33 heavy (non-hydrogen) atoms. The smallest absolute Gasteiger partial charge is 0.355 e. The lowest BCUT2D eigenvalue weighted by Gasteiger charge is -2.30.